The third-order valence-electron chi connectivity index (χ3n) is 5.29. The van der Waals surface area contributed by atoms with Gasteiger partial charge in [0.25, 0.3) is 11.8 Å². The van der Waals surface area contributed by atoms with Crippen molar-refractivity contribution in [1.29, 1.82) is 0 Å². The van der Waals surface area contributed by atoms with Crippen LogP contribution in [0.2, 0.25) is 0 Å². The molecule has 2 atom stereocenters. The number of β-lactam (4-membered cyclic amide) rings is 1. The summed E-state index contributed by atoms with van der Waals surface area (Å²) in [5, 5.41) is 18.0. The summed E-state index contributed by atoms with van der Waals surface area (Å²) >= 11 is 1.14. The molecule has 0 aromatic carbocycles. The monoisotopic (exact) mass is 465 g/mol. The number of carbonyl (C=O) groups excluding carboxylic acids is 2. The van der Waals surface area contributed by atoms with Crippen LogP contribution in [0.5, 0.6) is 0 Å². The molecule has 1 aromatic heterocycles. The van der Waals surface area contributed by atoms with Crippen molar-refractivity contribution in [2.75, 3.05) is 26.6 Å². The molecule has 14 heteroatoms. The SMILES string of the molecule is CO/N=C(\C(=O)N[C@H]1C(=O)N2C(C(=O)O)=C(N3C=CN(C)C3)CCC12)c1csc(N)n1.O. The average molecular weight is 465 g/mol. The fraction of sp³-hybridized carbons (Fsp3) is 0.389. The quantitative estimate of drug-likeness (QED) is 0.261. The highest BCUT2D eigenvalue weighted by atomic mass is 32.1. The van der Waals surface area contributed by atoms with Crippen molar-refractivity contribution in [3.8, 4) is 0 Å². The lowest BCUT2D eigenvalue weighted by Gasteiger charge is -2.50. The van der Waals surface area contributed by atoms with Gasteiger partial charge in [-0.3, -0.25) is 14.5 Å². The first-order chi connectivity index (χ1) is 14.8. The third kappa shape index (κ3) is 3.85. The molecule has 4 heterocycles. The Bertz CT molecular complexity index is 1030. The molecule has 0 bridgehead atoms. The Labute approximate surface area is 186 Å². The van der Waals surface area contributed by atoms with Crippen LogP contribution in [0.1, 0.15) is 18.5 Å². The number of nitrogens with zero attached hydrogens (tertiary/aromatic N) is 5. The lowest BCUT2D eigenvalue weighted by Crippen LogP contribution is -2.72. The van der Waals surface area contributed by atoms with Gasteiger partial charge in [-0.05, 0) is 12.8 Å². The van der Waals surface area contributed by atoms with E-state index >= 15 is 0 Å². The van der Waals surface area contributed by atoms with Crippen LogP contribution in [0, 0.1) is 0 Å². The highest BCUT2D eigenvalue weighted by molar-refractivity contribution is 7.13. The largest absolute Gasteiger partial charge is 0.477 e. The van der Waals surface area contributed by atoms with E-state index in [9.17, 15) is 19.5 Å². The smallest absolute Gasteiger partial charge is 0.354 e. The van der Waals surface area contributed by atoms with Gasteiger partial charge in [-0.2, -0.15) is 0 Å². The van der Waals surface area contributed by atoms with E-state index in [0.717, 1.165) is 11.3 Å². The molecular formula is C18H23N7O6S. The molecule has 0 saturated carbocycles. The van der Waals surface area contributed by atoms with Crippen LogP contribution in [-0.4, -0.2) is 86.7 Å². The van der Waals surface area contributed by atoms with Gasteiger partial charge in [0.2, 0.25) is 0 Å². The molecule has 172 valence electrons. The number of allylic oxidation sites excluding steroid dienone is 1. The number of nitrogen functional groups attached to an aromatic ring is 1. The normalized spacial score (nSPS) is 22.4. The zero-order chi connectivity index (χ0) is 22.3. The predicted octanol–water partition coefficient (Wildman–Crippen LogP) is -1.29. The van der Waals surface area contributed by atoms with Gasteiger partial charge in [-0.25, -0.2) is 9.78 Å². The number of aliphatic carboxylic acids is 1. The number of anilines is 1. The van der Waals surface area contributed by atoms with Gasteiger partial charge in [0.1, 0.15) is 24.5 Å². The molecule has 0 spiro atoms. The van der Waals surface area contributed by atoms with Gasteiger partial charge in [0, 0.05) is 24.8 Å². The number of aromatic nitrogens is 1. The molecule has 13 nitrogen and oxygen atoms in total. The van der Waals surface area contributed by atoms with Crippen molar-refractivity contribution in [2.24, 2.45) is 5.16 Å². The van der Waals surface area contributed by atoms with E-state index in [2.05, 4.69) is 15.5 Å². The maximum Gasteiger partial charge on any atom is 0.354 e. The summed E-state index contributed by atoms with van der Waals surface area (Å²) in [4.78, 5) is 51.4. The summed E-state index contributed by atoms with van der Waals surface area (Å²) in [7, 11) is 3.16. The van der Waals surface area contributed by atoms with Gasteiger partial charge in [-0.15, -0.1) is 11.3 Å². The summed E-state index contributed by atoms with van der Waals surface area (Å²) in [6.07, 6.45) is 4.59. The van der Waals surface area contributed by atoms with E-state index in [1.807, 2.05) is 23.0 Å². The number of nitrogens with one attached hydrogen (secondary N) is 1. The van der Waals surface area contributed by atoms with Crippen molar-refractivity contribution >= 4 is 40.0 Å². The summed E-state index contributed by atoms with van der Waals surface area (Å²) < 4.78 is 0. The van der Waals surface area contributed by atoms with Crippen LogP contribution < -0.4 is 11.1 Å². The van der Waals surface area contributed by atoms with Crippen LogP contribution in [0.25, 0.3) is 0 Å². The number of hydrogen-bond donors (Lipinski definition) is 3. The number of amides is 2. The molecule has 32 heavy (non-hydrogen) atoms. The molecule has 1 fully saturated rings. The fourth-order valence-electron chi connectivity index (χ4n) is 3.93. The molecule has 3 aliphatic rings. The van der Waals surface area contributed by atoms with E-state index in [1.165, 1.54) is 12.0 Å². The standard InChI is InChI=1S/C18H21N7O5S.H2O/c1-23-5-6-24(8-23)11-4-3-10-13(16(27)25(10)14(11)17(28)29)21-15(26)12(22-30-2)9-7-31-18(19)20-9;/h5-7,10,13H,3-4,8H2,1-2H3,(H2,19,20)(H,21,26)(H,28,29);1H2/b22-12-;/t10?,13-;/m1./s1. The van der Waals surface area contributed by atoms with E-state index in [0.29, 0.717) is 25.2 Å². The summed E-state index contributed by atoms with van der Waals surface area (Å²) in [5.74, 6) is -2.32. The van der Waals surface area contributed by atoms with Gasteiger partial charge < -0.3 is 36.3 Å². The highest BCUT2D eigenvalue weighted by Crippen LogP contribution is 2.38. The Balaban J connectivity index is 0.00000289. The Morgan fingerprint density at radius 2 is 2.16 bits per heavy atom. The van der Waals surface area contributed by atoms with E-state index < -0.39 is 29.9 Å². The molecule has 1 aromatic rings. The number of thiazole rings is 1. The zero-order valence-corrected chi connectivity index (χ0v) is 18.1. The summed E-state index contributed by atoms with van der Waals surface area (Å²) in [6.45, 7) is 0.507. The van der Waals surface area contributed by atoms with Crippen LogP contribution in [-0.2, 0) is 19.2 Å². The lowest BCUT2D eigenvalue weighted by molar-refractivity contribution is -0.155. The van der Waals surface area contributed by atoms with E-state index in [-0.39, 0.29) is 27.7 Å². The minimum Gasteiger partial charge on any atom is -0.477 e. The minimum atomic E-state index is -1.18. The molecule has 0 aliphatic carbocycles. The van der Waals surface area contributed by atoms with Crippen LogP contribution in [0.3, 0.4) is 0 Å². The first kappa shape index (κ1) is 23.0. The maximum absolute atomic E-state index is 12.9. The third-order valence-corrected chi connectivity index (χ3v) is 5.96. The fourth-order valence-corrected chi connectivity index (χ4v) is 4.48. The van der Waals surface area contributed by atoms with Crippen molar-refractivity contribution in [3.05, 3.63) is 34.9 Å². The predicted molar refractivity (Wildman–Crippen MR) is 114 cm³/mol. The first-order valence-corrected chi connectivity index (χ1v) is 10.3. The number of nitrogens with two attached hydrogens (primary N) is 1. The second-order valence-corrected chi connectivity index (χ2v) is 8.12. The summed E-state index contributed by atoms with van der Waals surface area (Å²) in [5.41, 5.74) is 6.26. The van der Waals surface area contributed by atoms with Crippen LogP contribution in [0.4, 0.5) is 5.13 Å². The van der Waals surface area contributed by atoms with Crippen molar-refractivity contribution in [2.45, 2.75) is 24.9 Å². The van der Waals surface area contributed by atoms with Crippen LogP contribution >= 0.6 is 11.3 Å². The number of fused-ring (bicyclic) bond motifs is 1. The molecule has 0 radical (unpaired) electrons. The van der Waals surface area contributed by atoms with Gasteiger partial charge in [-0.1, -0.05) is 5.16 Å². The Morgan fingerprint density at radius 1 is 1.41 bits per heavy atom. The molecular weight excluding hydrogens is 442 g/mol. The molecule has 3 aliphatic heterocycles. The first-order valence-electron chi connectivity index (χ1n) is 9.40. The van der Waals surface area contributed by atoms with Crippen molar-refractivity contribution < 1.29 is 29.8 Å². The highest BCUT2D eigenvalue weighted by Gasteiger charge is 2.54. The van der Waals surface area contributed by atoms with E-state index in [1.54, 1.807) is 11.6 Å². The number of carbonyl (C=O) groups is 3. The molecule has 1 unspecified atom stereocenters. The molecule has 2 amide bonds. The molecule has 1 saturated heterocycles. The van der Waals surface area contributed by atoms with E-state index in [4.69, 9.17) is 10.6 Å². The maximum atomic E-state index is 12.9. The number of oxime groups is 1. The Morgan fingerprint density at radius 3 is 2.72 bits per heavy atom. The van der Waals surface area contributed by atoms with Gasteiger partial charge >= 0.3 is 5.97 Å². The van der Waals surface area contributed by atoms with Gasteiger partial charge in [0.15, 0.2) is 10.8 Å². The zero-order valence-electron chi connectivity index (χ0n) is 17.3. The topological polar surface area (TPSA) is 185 Å². The van der Waals surface area contributed by atoms with Gasteiger partial charge in [0.05, 0.1) is 18.4 Å². The number of hydrogen-bond acceptors (Lipinski definition) is 10. The van der Waals surface area contributed by atoms with Crippen molar-refractivity contribution in [1.82, 2.24) is 25.0 Å². The minimum absolute atomic E-state index is 0. The summed E-state index contributed by atoms with van der Waals surface area (Å²) in [6, 6.07) is -1.32. The molecule has 4 rings (SSSR count). The second-order valence-electron chi connectivity index (χ2n) is 7.23. The number of carboxylic acid groups (broad SMARTS) is 1. The molecule has 6 N–H and O–H groups in total. The average Bonchev–Trinajstić information content (AvgIpc) is 3.36. The van der Waals surface area contributed by atoms with Crippen LogP contribution in [0.15, 0.2) is 34.3 Å². The Kier molecular flexibility index (Phi) is 6.36. The lowest BCUT2D eigenvalue weighted by atomic mass is 9.85. The number of carboxylic acids is 1. The van der Waals surface area contributed by atoms with Crippen molar-refractivity contribution in [3.63, 3.8) is 0 Å². The second kappa shape index (κ2) is 8.84. The Hall–Kier alpha value is -3.65. The number of rotatable bonds is 6.